The van der Waals surface area contributed by atoms with Gasteiger partial charge in [0.15, 0.2) is 0 Å². The lowest BCUT2D eigenvalue weighted by molar-refractivity contribution is 0.102. The van der Waals surface area contributed by atoms with Crippen LogP contribution in [0.5, 0.6) is 5.75 Å². The summed E-state index contributed by atoms with van der Waals surface area (Å²) in [6.45, 7) is 2.74. The lowest BCUT2D eigenvalue weighted by Gasteiger charge is -2.10. The van der Waals surface area contributed by atoms with Gasteiger partial charge in [0.05, 0.1) is 18.4 Å². The topological polar surface area (TPSA) is 63.2 Å². The molecule has 1 heterocycles. The number of ether oxygens (including phenoxy) is 1. The van der Waals surface area contributed by atoms with Crippen molar-refractivity contribution in [3.63, 3.8) is 0 Å². The van der Waals surface area contributed by atoms with Crippen molar-refractivity contribution in [3.05, 3.63) is 83.7 Å². The molecule has 2 aromatic carbocycles. The predicted molar refractivity (Wildman–Crippen MR) is 104 cm³/mol. The molecule has 0 aliphatic rings. The third kappa shape index (κ3) is 4.60. The van der Waals surface area contributed by atoms with Gasteiger partial charge in [-0.25, -0.2) is 0 Å². The molecule has 0 aliphatic heterocycles. The van der Waals surface area contributed by atoms with Crippen molar-refractivity contribution >= 4 is 17.3 Å². The van der Waals surface area contributed by atoms with Crippen LogP contribution in [0, 0.1) is 6.92 Å². The summed E-state index contributed by atoms with van der Waals surface area (Å²) >= 11 is 0. The number of rotatable bonds is 6. The third-order valence-electron chi connectivity index (χ3n) is 3.91. The highest BCUT2D eigenvalue weighted by atomic mass is 16.5. The standard InChI is InChI=1S/C21H21N3O2/c1-15-5-3-6-16(9-15)12-23-19-10-17(13-22-14-19)21(25)24-18-7-4-8-20(11-18)26-2/h3-11,13-14,23H,12H2,1-2H3,(H,24,25). The van der Waals surface area contributed by atoms with E-state index in [9.17, 15) is 4.79 Å². The maximum atomic E-state index is 12.5. The number of nitrogens with one attached hydrogen (secondary N) is 2. The van der Waals surface area contributed by atoms with Crippen LogP contribution in [0.1, 0.15) is 21.5 Å². The van der Waals surface area contributed by atoms with Gasteiger partial charge in [0.1, 0.15) is 5.75 Å². The maximum absolute atomic E-state index is 12.5. The minimum absolute atomic E-state index is 0.218. The monoisotopic (exact) mass is 347 g/mol. The molecule has 26 heavy (non-hydrogen) atoms. The average molecular weight is 347 g/mol. The highest BCUT2D eigenvalue weighted by molar-refractivity contribution is 6.04. The number of pyridine rings is 1. The molecule has 3 rings (SSSR count). The number of methoxy groups -OCH3 is 1. The van der Waals surface area contributed by atoms with Gasteiger partial charge in [0.2, 0.25) is 0 Å². The van der Waals surface area contributed by atoms with Gasteiger partial charge in [0, 0.05) is 30.7 Å². The van der Waals surface area contributed by atoms with Crippen molar-refractivity contribution in [3.8, 4) is 5.75 Å². The molecule has 0 saturated heterocycles. The van der Waals surface area contributed by atoms with Crippen LogP contribution in [0.25, 0.3) is 0 Å². The Hall–Kier alpha value is -3.34. The van der Waals surface area contributed by atoms with E-state index in [4.69, 9.17) is 4.74 Å². The molecule has 132 valence electrons. The number of aromatic nitrogens is 1. The zero-order valence-electron chi connectivity index (χ0n) is 14.8. The first-order chi connectivity index (χ1) is 12.6. The molecule has 5 nitrogen and oxygen atoms in total. The molecule has 5 heteroatoms. The second-order valence-electron chi connectivity index (χ2n) is 5.99. The van der Waals surface area contributed by atoms with E-state index in [1.807, 2.05) is 24.3 Å². The van der Waals surface area contributed by atoms with E-state index in [1.54, 1.807) is 31.6 Å². The van der Waals surface area contributed by atoms with Crippen molar-refractivity contribution in [1.82, 2.24) is 4.98 Å². The lowest BCUT2D eigenvalue weighted by atomic mass is 10.1. The molecular formula is C21H21N3O2. The maximum Gasteiger partial charge on any atom is 0.257 e. The summed E-state index contributed by atoms with van der Waals surface area (Å²) in [5.74, 6) is 0.472. The zero-order chi connectivity index (χ0) is 18.4. The van der Waals surface area contributed by atoms with Crippen molar-refractivity contribution in [2.45, 2.75) is 13.5 Å². The highest BCUT2D eigenvalue weighted by Crippen LogP contribution is 2.18. The Labute approximate surface area is 153 Å². The fourth-order valence-electron chi connectivity index (χ4n) is 2.59. The van der Waals surface area contributed by atoms with E-state index in [-0.39, 0.29) is 5.91 Å². The van der Waals surface area contributed by atoms with Crippen molar-refractivity contribution in [2.24, 2.45) is 0 Å². The van der Waals surface area contributed by atoms with Crippen LogP contribution >= 0.6 is 0 Å². The van der Waals surface area contributed by atoms with E-state index in [0.29, 0.717) is 23.5 Å². The summed E-state index contributed by atoms with van der Waals surface area (Å²) < 4.78 is 5.17. The second-order valence-corrected chi connectivity index (χ2v) is 5.99. The molecule has 0 saturated carbocycles. The summed E-state index contributed by atoms with van der Waals surface area (Å²) in [5, 5.41) is 6.16. The van der Waals surface area contributed by atoms with Crippen LogP contribution in [0.15, 0.2) is 67.0 Å². The molecule has 0 bridgehead atoms. The molecule has 0 spiro atoms. The summed E-state index contributed by atoms with van der Waals surface area (Å²) in [6, 6.07) is 17.3. The minimum atomic E-state index is -0.218. The van der Waals surface area contributed by atoms with Gasteiger partial charge in [-0.2, -0.15) is 0 Å². The van der Waals surface area contributed by atoms with Crippen molar-refractivity contribution in [2.75, 3.05) is 17.7 Å². The third-order valence-corrected chi connectivity index (χ3v) is 3.91. The second kappa shape index (κ2) is 8.16. The zero-order valence-corrected chi connectivity index (χ0v) is 14.8. The summed E-state index contributed by atoms with van der Waals surface area (Å²) in [6.07, 6.45) is 3.26. The van der Waals surface area contributed by atoms with Gasteiger partial charge in [-0.3, -0.25) is 9.78 Å². The lowest BCUT2D eigenvalue weighted by Crippen LogP contribution is -2.13. The van der Waals surface area contributed by atoms with Crippen LogP contribution in [0.3, 0.4) is 0 Å². The molecule has 2 N–H and O–H groups in total. The van der Waals surface area contributed by atoms with Gasteiger partial charge >= 0.3 is 0 Å². The number of benzene rings is 2. The number of aryl methyl sites for hydroxylation is 1. The van der Waals surface area contributed by atoms with Crippen molar-refractivity contribution < 1.29 is 9.53 Å². The molecule has 0 fully saturated rings. The largest absolute Gasteiger partial charge is 0.497 e. The van der Waals surface area contributed by atoms with Gasteiger partial charge in [-0.15, -0.1) is 0 Å². The van der Waals surface area contributed by atoms with E-state index in [2.05, 4.69) is 40.7 Å². The normalized spacial score (nSPS) is 10.2. The van der Waals surface area contributed by atoms with Crippen LogP contribution in [-0.2, 0) is 6.54 Å². The number of amides is 1. The van der Waals surface area contributed by atoms with E-state index < -0.39 is 0 Å². The molecule has 1 aromatic heterocycles. The highest BCUT2D eigenvalue weighted by Gasteiger charge is 2.08. The molecule has 0 aliphatic carbocycles. The summed E-state index contributed by atoms with van der Waals surface area (Å²) in [4.78, 5) is 16.6. The molecular weight excluding hydrogens is 326 g/mol. The number of carbonyl (C=O) groups is 1. The quantitative estimate of drug-likeness (QED) is 0.699. The fourth-order valence-corrected chi connectivity index (χ4v) is 2.59. The number of anilines is 2. The Morgan fingerprint density at radius 3 is 2.69 bits per heavy atom. The fraction of sp³-hybridized carbons (Fsp3) is 0.143. The van der Waals surface area contributed by atoms with E-state index in [0.717, 1.165) is 5.69 Å². The molecule has 0 atom stereocenters. The first kappa shape index (κ1) is 17.5. The van der Waals surface area contributed by atoms with Crippen LogP contribution < -0.4 is 15.4 Å². The van der Waals surface area contributed by atoms with Gasteiger partial charge in [-0.1, -0.05) is 35.9 Å². The van der Waals surface area contributed by atoms with Gasteiger partial charge in [-0.05, 0) is 30.7 Å². The van der Waals surface area contributed by atoms with Crippen LogP contribution in [0.4, 0.5) is 11.4 Å². The molecule has 0 radical (unpaired) electrons. The van der Waals surface area contributed by atoms with Crippen LogP contribution in [0.2, 0.25) is 0 Å². The van der Waals surface area contributed by atoms with Gasteiger partial charge < -0.3 is 15.4 Å². The number of hydrogen-bond acceptors (Lipinski definition) is 4. The van der Waals surface area contributed by atoms with Crippen molar-refractivity contribution in [1.29, 1.82) is 0 Å². The Balaban J connectivity index is 1.67. The van der Waals surface area contributed by atoms with Crippen LogP contribution in [-0.4, -0.2) is 18.0 Å². The van der Waals surface area contributed by atoms with Gasteiger partial charge in [0.25, 0.3) is 5.91 Å². The van der Waals surface area contributed by atoms with E-state index >= 15 is 0 Å². The number of carbonyl (C=O) groups excluding carboxylic acids is 1. The first-order valence-corrected chi connectivity index (χ1v) is 8.34. The Bertz CT molecular complexity index is 909. The molecule has 0 unspecified atom stereocenters. The van der Waals surface area contributed by atoms with E-state index in [1.165, 1.54) is 11.1 Å². The number of nitrogens with zero attached hydrogens (tertiary/aromatic N) is 1. The molecule has 1 amide bonds. The number of hydrogen-bond donors (Lipinski definition) is 2. The first-order valence-electron chi connectivity index (χ1n) is 8.34. The smallest absolute Gasteiger partial charge is 0.257 e. The Morgan fingerprint density at radius 2 is 1.88 bits per heavy atom. The predicted octanol–water partition coefficient (Wildman–Crippen LogP) is 4.26. The average Bonchev–Trinajstić information content (AvgIpc) is 2.67. The summed E-state index contributed by atoms with van der Waals surface area (Å²) in [5.41, 5.74) is 4.35. The molecule has 3 aromatic rings. The Morgan fingerprint density at radius 1 is 1.04 bits per heavy atom. The Kier molecular flexibility index (Phi) is 5.49. The SMILES string of the molecule is COc1cccc(NC(=O)c2cncc(NCc3cccc(C)c3)c2)c1. The summed E-state index contributed by atoms with van der Waals surface area (Å²) in [7, 11) is 1.59. The minimum Gasteiger partial charge on any atom is -0.497 e.